The van der Waals surface area contributed by atoms with Crippen LogP contribution >= 0.6 is 0 Å². The molecule has 0 aliphatic rings. The van der Waals surface area contributed by atoms with E-state index in [1.807, 2.05) is 19.2 Å². The number of nitrogens with one attached hydrogen (secondary N) is 1. The van der Waals surface area contributed by atoms with Crippen molar-refractivity contribution in [1.82, 2.24) is 10.2 Å². The summed E-state index contributed by atoms with van der Waals surface area (Å²) in [6.45, 7) is 2.50. The van der Waals surface area contributed by atoms with Gasteiger partial charge in [0, 0.05) is 24.2 Å². The highest BCUT2D eigenvalue weighted by atomic mass is 16.3. The molecule has 4 nitrogen and oxygen atoms in total. The summed E-state index contributed by atoms with van der Waals surface area (Å²) < 4.78 is 10.6. The number of rotatable bonds is 6. The second-order valence-corrected chi connectivity index (χ2v) is 4.20. The fourth-order valence-electron chi connectivity index (χ4n) is 1.85. The molecule has 0 aliphatic carbocycles. The van der Waals surface area contributed by atoms with E-state index in [1.54, 1.807) is 18.8 Å². The van der Waals surface area contributed by atoms with Crippen molar-refractivity contribution in [2.75, 3.05) is 14.1 Å². The molecular formula is C13H18N2O2. The van der Waals surface area contributed by atoms with E-state index in [1.165, 1.54) is 11.1 Å². The van der Waals surface area contributed by atoms with Gasteiger partial charge in [0.2, 0.25) is 0 Å². The van der Waals surface area contributed by atoms with Gasteiger partial charge in [-0.2, -0.15) is 0 Å². The molecule has 0 saturated carbocycles. The Morgan fingerprint density at radius 2 is 2.12 bits per heavy atom. The predicted molar refractivity (Wildman–Crippen MR) is 65.4 cm³/mol. The smallest absolute Gasteiger partial charge is 0.122 e. The molecular weight excluding hydrogens is 216 g/mol. The van der Waals surface area contributed by atoms with E-state index in [0.717, 1.165) is 25.4 Å². The lowest BCUT2D eigenvalue weighted by molar-refractivity contribution is 0.285. The minimum atomic E-state index is 0.801. The Morgan fingerprint density at radius 3 is 2.82 bits per heavy atom. The van der Waals surface area contributed by atoms with E-state index in [0.29, 0.717) is 0 Å². The third kappa shape index (κ3) is 3.22. The quantitative estimate of drug-likeness (QED) is 0.832. The van der Waals surface area contributed by atoms with E-state index in [-0.39, 0.29) is 0 Å². The Kier molecular flexibility index (Phi) is 4.01. The van der Waals surface area contributed by atoms with E-state index >= 15 is 0 Å². The lowest BCUT2D eigenvalue weighted by Crippen LogP contribution is -2.18. The molecule has 0 fully saturated rings. The standard InChI is InChI=1S/C13H18N2O2/c1-14-7-12-4-6-17-13(12)9-15(2)8-11-3-5-16-10-11/h3-6,10,14H,7-9H2,1-2H3. The van der Waals surface area contributed by atoms with Gasteiger partial charge in [-0.3, -0.25) is 4.90 Å². The summed E-state index contributed by atoms with van der Waals surface area (Å²) in [4.78, 5) is 2.20. The molecule has 2 aromatic heterocycles. The first kappa shape index (κ1) is 12.0. The van der Waals surface area contributed by atoms with Crippen LogP contribution in [-0.4, -0.2) is 19.0 Å². The first-order chi connectivity index (χ1) is 8.29. The van der Waals surface area contributed by atoms with Crippen LogP contribution in [-0.2, 0) is 19.6 Å². The van der Waals surface area contributed by atoms with Gasteiger partial charge < -0.3 is 14.2 Å². The van der Waals surface area contributed by atoms with Crippen molar-refractivity contribution in [2.24, 2.45) is 0 Å². The fourth-order valence-corrected chi connectivity index (χ4v) is 1.85. The van der Waals surface area contributed by atoms with Gasteiger partial charge in [-0.25, -0.2) is 0 Å². The summed E-state index contributed by atoms with van der Waals surface area (Å²) in [7, 11) is 4.00. The van der Waals surface area contributed by atoms with Gasteiger partial charge in [-0.15, -0.1) is 0 Å². The van der Waals surface area contributed by atoms with Crippen molar-refractivity contribution in [1.29, 1.82) is 0 Å². The Morgan fingerprint density at radius 1 is 1.24 bits per heavy atom. The van der Waals surface area contributed by atoms with Gasteiger partial charge in [0.25, 0.3) is 0 Å². The molecule has 2 heterocycles. The van der Waals surface area contributed by atoms with E-state index in [4.69, 9.17) is 8.83 Å². The van der Waals surface area contributed by atoms with Gasteiger partial charge in [-0.1, -0.05) is 0 Å². The lowest BCUT2D eigenvalue weighted by atomic mass is 10.2. The van der Waals surface area contributed by atoms with Crippen LogP contribution in [0.3, 0.4) is 0 Å². The molecule has 0 aliphatic heterocycles. The zero-order valence-electron chi connectivity index (χ0n) is 10.3. The van der Waals surface area contributed by atoms with Crippen molar-refractivity contribution in [3.63, 3.8) is 0 Å². The zero-order chi connectivity index (χ0) is 12.1. The van der Waals surface area contributed by atoms with Gasteiger partial charge in [-0.05, 0) is 26.2 Å². The summed E-state index contributed by atoms with van der Waals surface area (Å²) in [5.74, 6) is 1.02. The average Bonchev–Trinajstić information content (AvgIpc) is 2.92. The second-order valence-electron chi connectivity index (χ2n) is 4.20. The van der Waals surface area contributed by atoms with E-state index < -0.39 is 0 Å². The molecule has 17 heavy (non-hydrogen) atoms. The fraction of sp³-hybridized carbons (Fsp3) is 0.385. The minimum absolute atomic E-state index is 0.801. The molecule has 0 saturated heterocycles. The molecule has 0 bridgehead atoms. The maximum absolute atomic E-state index is 5.50. The summed E-state index contributed by atoms with van der Waals surface area (Å²) in [6.07, 6.45) is 5.21. The van der Waals surface area contributed by atoms with Crippen LogP contribution in [0, 0.1) is 0 Å². The third-order valence-electron chi connectivity index (χ3n) is 2.65. The molecule has 0 unspecified atom stereocenters. The number of furan rings is 2. The van der Waals surface area contributed by atoms with Crippen LogP contribution in [0.1, 0.15) is 16.9 Å². The van der Waals surface area contributed by atoms with Crippen molar-refractivity contribution in [3.8, 4) is 0 Å². The molecule has 2 rings (SSSR count). The zero-order valence-corrected chi connectivity index (χ0v) is 10.3. The molecule has 0 spiro atoms. The highest BCUT2D eigenvalue weighted by molar-refractivity contribution is 5.17. The molecule has 0 amide bonds. The van der Waals surface area contributed by atoms with Crippen LogP contribution in [0.5, 0.6) is 0 Å². The van der Waals surface area contributed by atoms with Crippen LogP contribution < -0.4 is 5.32 Å². The van der Waals surface area contributed by atoms with Gasteiger partial charge in [0.1, 0.15) is 5.76 Å². The molecule has 92 valence electrons. The Hall–Kier alpha value is -1.52. The maximum Gasteiger partial charge on any atom is 0.122 e. The number of hydrogen-bond acceptors (Lipinski definition) is 4. The Bertz CT molecular complexity index is 434. The number of hydrogen-bond donors (Lipinski definition) is 1. The van der Waals surface area contributed by atoms with Crippen molar-refractivity contribution in [3.05, 3.63) is 47.8 Å². The molecule has 0 atom stereocenters. The van der Waals surface area contributed by atoms with E-state index in [2.05, 4.69) is 17.3 Å². The second kappa shape index (κ2) is 5.70. The van der Waals surface area contributed by atoms with Crippen LogP contribution in [0.2, 0.25) is 0 Å². The summed E-state index contributed by atoms with van der Waals surface area (Å²) in [5, 5.41) is 3.14. The minimum Gasteiger partial charge on any atom is -0.472 e. The molecule has 1 N–H and O–H groups in total. The topological polar surface area (TPSA) is 41.6 Å². The largest absolute Gasteiger partial charge is 0.472 e. The molecule has 0 radical (unpaired) electrons. The Balaban J connectivity index is 1.93. The SMILES string of the molecule is CNCc1ccoc1CN(C)Cc1ccoc1. The average molecular weight is 234 g/mol. The summed E-state index contributed by atoms with van der Waals surface area (Å²) in [6, 6.07) is 3.99. The van der Waals surface area contributed by atoms with Gasteiger partial charge in [0.15, 0.2) is 0 Å². The highest BCUT2D eigenvalue weighted by Crippen LogP contribution is 2.14. The summed E-state index contributed by atoms with van der Waals surface area (Å²) >= 11 is 0. The number of nitrogens with zero attached hydrogens (tertiary/aromatic N) is 1. The monoisotopic (exact) mass is 234 g/mol. The normalized spacial score (nSPS) is 11.2. The Labute approximate surface area is 101 Å². The molecule has 4 heteroatoms. The van der Waals surface area contributed by atoms with Crippen LogP contribution in [0.4, 0.5) is 0 Å². The van der Waals surface area contributed by atoms with E-state index in [9.17, 15) is 0 Å². The first-order valence-corrected chi connectivity index (χ1v) is 5.69. The van der Waals surface area contributed by atoms with Gasteiger partial charge >= 0.3 is 0 Å². The first-order valence-electron chi connectivity index (χ1n) is 5.69. The maximum atomic E-state index is 5.50. The van der Waals surface area contributed by atoms with Gasteiger partial charge in [0.05, 0.1) is 25.3 Å². The third-order valence-corrected chi connectivity index (χ3v) is 2.65. The molecule has 0 aromatic carbocycles. The summed E-state index contributed by atoms with van der Waals surface area (Å²) in [5.41, 5.74) is 2.39. The van der Waals surface area contributed by atoms with Crippen molar-refractivity contribution < 1.29 is 8.83 Å². The molecule has 2 aromatic rings. The highest BCUT2D eigenvalue weighted by Gasteiger charge is 2.09. The van der Waals surface area contributed by atoms with Crippen molar-refractivity contribution >= 4 is 0 Å². The van der Waals surface area contributed by atoms with Crippen molar-refractivity contribution in [2.45, 2.75) is 19.6 Å². The predicted octanol–water partition coefficient (Wildman–Crippen LogP) is 2.22. The van der Waals surface area contributed by atoms with Crippen LogP contribution in [0.25, 0.3) is 0 Å². The lowest BCUT2D eigenvalue weighted by Gasteiger charge is -2.14. The van der Waals surface area contributed by atoms with Crippen LogP contribution in [0.15, 0.2) is 39.8 Å².